The van der Waals surface area contributed by atoms with Crippen LogP contribution in [0.25, 0.3) is 33.4 Å². The zero-order chi connectivity index (χ0) is 28.5. The van der Waals surface area contributed by atoms with Gasteiger partial charge in [0.1, 0.15) is 22.9 Å². The first-order valence-corrected chi connectivity index (χ1v) is 13.8. The Balaban J connectivity index is 0.00000329. The SMILES string of the molecule is Oc1cc(-c2ccccc2)ccc1N=C1C(=Nc2ccccc2O)c2cc(-c3ccccc3)ccc2-c2ccccc21.[Pt]. The van der Waals surface area contributed by atoms with Gasteiger partial charge in [0.15, 0.2) is 0 Å². The van der Waals surface area contributed by atoms with Gasteiger partial charge in [-0.15, -0.1) is 0 Å². The molecule has 0 saturated carbocycles. The second-order valence-corrected chi connectivity index (χ2v) is 10.2. The first-order valence-electron chi connectivity index (χ1n) is 13.8. The van der Waals surface area contributed by atoms with Crippen LogP contribution >= 0.6 is 0 Å². The number of benzene rings is 6. The number of phenolic OH excluding ortho intramolecular Hbond substituents is 2. The smallest absolute Gasteiger partial charge is 0.141 e. The van der Waals surface area contributed by atoms with Crippen LogP contribution in [0.4, 0.5) is 11.4 Å². The average Bonchev–Trinajstić information content (AvgIpc) is 3.05. The minimum Gasteiger partial charge on any atom is -0.506 e. The van der Waals surface area contributed by atoms with Crippen LogP contribution in [0.5, 0.6) is 11.5 Å². The van der Waals surface area contributed by atoms with Crippen molar-refractivity contribution in [1.82, 2.24) is 0 Å². The first kappa shape index (κ1) is 28.1. The van der Waals surface area contributed by atoms with Gasteiger partial charge in [-0.25, -0.2) is 9.98 Å². The Kier molecular flexibility index (Phi) is 7.87. The quantitative estimate of drug-likeness (QED) is 0.190. The van der Waals surface area contributed by atoms with Crippen molar-refractivity contribution in [1.29, 1.82) is 0 Å². The van der Waals surface area contributed by atoms with E-state index in [-0.39, 0.29) is 32.6 Å². The standard InChI is InChI=1S/C38H26N2O2.Pt/c41-35-18-10-9-17-33(35)39-38-32-23-27(25-11-3-1-4-12-25)19-21-30(32)29-15-7-8-16-31(29)37(38)40-34-22-20-28(24-36(34)42)26-13-5-2-6-14-26;/h1-24,41-42H;. The predicted molar refractivity (Wildman–Crippen MR) is 171 cm³/mol. The molecule has 4 nitrogen and oxygen atoms in total. The zero-order valence-electron chi connectivity index (χ0n) is 23.0. The maximum absolute atomic E-state index is 11.2. The van der Waals surface area contributed by atoms with Gasteiger partial charge in [0.05, 0.1) is 11.4 Å². The van der Waals surface area contributed by atoms with Gasteiger partial charge < -0.3 is 10.2 Å². The number of aromatic hydroxyl groups is 2. The van der Waals surface area contributed by atoms with E-state index in [9.17, 15) is 10.2 Å². The van der Waals surface area contributed by atoms with Crippen molar-refractivity contribution < 1.29 is 31.3 Å². The fourth-order valence-electron chi connectivity index (χ4n) is 5.42. The monoisotopic (exact) mass is 737 g/mol. The zero-order valence-corrected chi connectivity index (χ0v) is 25.2. The molecule has 0 saturated heterocycles. The molecule has 2 N–H and O–H groups in total. The largest absolute Gasteiger partial charge is 0.506 e. The number of fused-ring (bicyclic) bond motifs is 3. The summed E-state index contributed by atoms with van der Waals surface area (Å²) in [5, 5.41) is 21.8. The van der Waals surface area contributed by atoms with Crippen LogP contribution in [0.15, 0.2) is 156 Å². The van der Waals surface area contributed by atoms with Crippen molar-refractivity contribution in [3.8, 4) is 44.9 Å². The molecule has 210 valence electrons. The number of nitrogens with zero attached hydrogens (tertiary/aromatic N) is 2. The summed E-state index contributed by atoms with van der Waals surface area (Å²) in [6.45, 7) is 0. The molecule has 6 aromatic rings. The number of aliphatic imine (C=N–C) groups is 2. The predicted octanol–water partition coefficient (Wildman–Crippen LogP) is 9.35. The molecule has 1 aliphatic rings. The van der Waals surface area contributed by atoms with Crippen molar-refractivity contribution in [2.75, 3.05) is 0 Å². The summed E-state index contributed by atoms with van der Waals surface area (Å²) in [6.07, 6.45) is 0. The number of phenols is 2. The minimum atomic E-state index is 0. The van der Waals surface area contributed by atoms with Crippen LogP contribution in [0.2, 0.25) is 0 Å². The third-order valence-electron chi connectivity index (χ3n) is 7.51. The van der Waals surface area contributed by atoms with E-state index in [2.05, 4.69) is 36.4 Å². The van der Waals surface area contributed by atoms with E-state index in [0.29, 0.717) is 22.8 Å². The van der Waals surface area contributed by atoms with Gasteiger partial charge in [0, 0.05) is 32.2 Å². The van der Waals surface area contributed by atoms with Crippen LogP contribution in [-0.2, 0) is 21.1 Å². The Morgan fingerprint density at radius 3 is 1.49 bits per heavy atom. The second-order valence-electron chi connectivity index (χ2n) is 10.2. The van der Waals surface area contributed by atoms with E-state index in [1.807, 2.05) is 84.9 Å². The topological polar surface area (TPSA) is 65.2 Å². The van der Waals surface area contributed by atoms with E-state index in [1.165, 1.54) is 0 Å². The van der Waals surface area contributed by atoms with Crippen LogP contribution in [-0.4, -0.2) is 21.6 Å². The molecular formula is C38H26N2O2Pt. The molecule has 6 aromatic carbocycles. The third-order valence-corrected chi connectivity index (χ3v) is 7.51. The van der Waals surface area contributed by atoms with E-state index < -0.39 is 0 Å². The molecule has 0 spiro atoms. The van der Waals surface area contributed by atoms with Crippen molar-refractivity contribution in [2.24, 2.45) is 9.98 Å². The molecule has 0 bridgehead atoms. The summed E-state index contributed by atoms with van der Waals surface area (Å²) < 4.78 is 0. The summed E-state index contributed by atoms with van der Waals surface area (Å²) in [7, 11) is 0. The third kappa shape index (κ3) is 5.46. The summed E-state index contributed by atoms with van der Waals surface area (Å²) in [5.74, 6) is 0.158. The van der Waals surface area contributed by atoms with Gasteiger partial charge in [-0.05, 0) is 63.7 Å². The number of para-hydroxylation sites is 2. The number of hydrogen-bond donors (Lipinski definition) is 2. The minimum absolute atomic E-state index is 0. The van der Waals surface area contributed by atoms with Gasteiger partial charge in [-0.3, -0.25) is 0 Å². The van der Waals surface area contributed by atoms with E-state index in [0.717, 1.165) is 44.5 Å². The summed E-state index contributed by atoms with van der Waals surface area (Å²) in [6, 6.07) is 47.2. The summed E-state index contributed by atoms with van der Waals surface area (Å²) in [5.41, 5.74) is 10.0. The summed E-state index contributed by atoms with van der Waals surface area (Å²) >= 11 is 0. The summed E-state index contributed by atoms with van der Waals surface area (Å²) in [4.78, 5) is 10.1. The maximum Gasteiger partial charge on any atom is 0.141 e. The van der Waals surface area contributed by atoms with Gasteiger partial charge in [-0.1, -0.05) is 115 Å². The molecule has 7 rings (SSSR count). The van der Waals surface area contributed by atoms with E-state index in [4.69, 9.17) is 9.98 Å². The van der Waals surface area contributed by atoms with Crippen LogP contribution < -0.4 is 0 Å². The van der Waals surface area contributed by atoms with Gasteiger partial charge in [-0.2, -0.15) is 0 Å². The molecule has 0 amide bonds. The molecular weight excluding hydrogens is 712 g/mol. The molecule has 43 heavy (non-hydrogen) atoms. The number of hydrogen-bond acceptors (Lipinski definition) is 4. The molecule has 0 fully saturated rings. The van der Waals surface area contributed by atoms with Crippen molar-refractivity contribution in [3.63, 3.8) is 0 Å². The molecule has 0 aromatic heterocycles. The molecule has 5 heteroatoms. The van der Waals surface area contributed by atoms with Crippen molar-refractivity contribution in [2.45, 2.75) is 0 Å². The van der Waals surface area contributed by atoms with Gasteiger partial charge in [0.2, 0.25) is 0 Å². The molecule has 0 atom stereocenters. The maximum atomic E-state index is 11.2. The van der Waals surface area contributed by atoms with Gasteiger partial charge in [0.25, 0.3) is 0 Å². The van der Waals surface area contributed by atoms with Crippen molar-refractivity contribution >= 4 is 22.8 Å². The normalized spacial score (nSPS) is 13.7. The van der Waals surface area contributed by atoms with Crippen LogP contribution in [0.1, 0.15) is 11.1 Å². The molecule has 1 aliphatic carbocycles. The van der Waals surface area contributed by atoms with E-state index >= 15 is 0 Å². The fraction of sp³-hybridized carbons (Fsp3) is 0. The van der Waals surface area contributed by atoms with Crippen molar-refractivity contribution in [3.05, 3.63) is 157 Å². The molecule has 0 radical (unpaired) electrons. The van der Waals surface area contributed by atoms with Crippen LogP contribution in [0, 0.1) is 0 Å². The number of rotatable bonds is 4. The molecule has 0 heterocycles. The molecule has 0 aliphatic heterocycles. The Morgan fingerprint density at radius 2 is 0.837 bits per heavy atom. The molecule has 0 unspecified atom stereocenters. The first-order chi connectivity index (χ1) is 20.7. The Bertz CT molecular complexity index is 2000. The van der Waals surface area contributed by atoms with Crippen LogP contribution in [0.3, 0.4) is 0 Å². The Morgan fingerprint density at radius 1 is 0.349 bits per heavy atom. The average molecular weight is 738 g/mol. The Hall–Kier alpha value is -5.05. The van der Waals surface area contributed by atoms with Gasteiger partial charge >= 0.3 is 0 Å². The second kappa shape index (κ2) is 12.0. The van der Waals surface area contributed by atoms with E-state index in [1.54, 1.807) is 24.3 Å². The fourth-order valence-corrected chi connectivity index (χ4v) is 5.42. The Labute approximate surface area is 264 Å².